The molecule has 1 aliphatic heterocycles. The van der Waals surface area contributed by atoms with Gasteiger partial charge < -0.3 is 10.6 Å². The summed E-state index contributed by atoms with van der Waals surface area (Å²) in [4.78, 5) is 2.46. The number of nitrogen functional groups attached to an aromatic ring is 1. The molecule has 2 N–H and O–H groups in total. The molecular formula is C12H18N2S. The van der Waals surface area contributed by atoms with E-state index in [-0.39, 0.29) is 0 Å². The molecule has 0 spiro atoms. The van der Waals surface area contributed by atoms with Gasteiger partial charge in [-0.2, -0.15) is 11.8 Å². The Hall–Kier alpha value is -0.830. The van der Waals surface area contributed by atoms with E-state index in [4.69, 9.17) is 5.73 Å². The van der Waals surface area contributed by atoms with Crippen LogP contribution in [0.15, 0.2) is 18.2 Å². The monoisotopic (exact) mass is 222 g/mol. The van der Waals surface area contributed by atoms with Crippen LogP contribution in [0.25, 0.3) is 0 Å². The number of thioether (sulfide) groups is 1. The van der Waals surface area contributed by atoms with Crippen molar-refractivity contribution in [2.45, 2.75) is 13.3 Å². The fraction of sp³-hybridized carbons (Fsp3) is 0.500. The molecule has 0 amide bonds. The Morgan fingerprint density at radius 1 is 1.27 bits per heavy atom. The second-order valence-electron chi connectivity index (χ2n) is 4.00. The first kappa shape index (κ1) is 10.7. The number of aryl methyl sites for hydroxylation is 1. The average Bonchev–Trinajstić information content (AvgIpc) is 2.50. The summed E-state index contributed by atoms with van der Waals surface area (Å²) in [5, 5.41) is 0. The van der Waals surface area contributed by atoms with Gasteiger partial charge in [-0.05, 0) is 36.8 Å². The zero-order valence-corrected chi connectivity index (χ0v) is 10.0. The number of rotatable bonds is 1. The van der Waals surface area contributed by atoms with Crippen LogP contribution in [0.3, 0.4) is 0 Å². The van der Waals surface area contributed by atoms with Crippen molar-refractivity contribution in [3.8, 4) is 0 Å². The highest BCUT2D eigenvalue weighted by atomic mass is 32.2. The molecule has 0 aromatic heterocycles. The van der Waals surface area contributed by atoms with Crippen LogP contribution in [0.4, 0.5) is 11.4 Å². The molecule has 0 aliphatic carbocycles. The predicted molar refractivity (Wildman–Crippen MR) is 69.7 cm³/mol. The number of nitrogens with zero attached hydrogens (tertiary/aromatic N) is 1. The van der Waals surface area contributed by atoms with Gasteiger partial charge in [0.1, 0.15) is 0 Å². The highest BCUT2D eigenvalue weighted by molar-refractivity contribution is 7.99. The van der Waals surface area contributed by atoms with Gasteiger partial charge in [-0.25, -0.2) is 0 Å². The summed E-state index contributed by atoms with van der Waals surface area (Å²) in [6.07, 6.45) is 1.28. The first-order chi connectivity index (χ1) is 7.27. The summed E-state index contributed by atoms with van der Waals surface area (Å²) in [6.45, 7) is 4.47. The van der Waals surface area contributed by atoms with Crippen LogP contribution in [0.5, 0.6) is 0 Å². The Morgan fingerprint density at radius 3 is 3.00 bits per heavy atom. The van der Waals surface area contributed by atoms with Crippen molar-refractivity contribution in [3.05, 3.63) is 23.8 Å². The van der Waals surface area contributed by atoms with Crippen LogP contribution in [0.2, 0.25) is 0 Å². The summed E-state index contributed by atoms with van der Waals surface area (Å²) in [6, 6.07) is 6.19. The molecule has 1 aromatic rings. The Kier molecular flexibility index (Phi) is 3.41. The van der Waals surface area contributed by atoms with Crippen LogP contribution >= 0.6 is 11.8 Å². The van der Waals surface area contributed by atoms with Crippen LogP contribution in [-0.2, 0) is 0 Å². The highest BCUT2D eigenvalue weighted by Gasteiger charge is 2.11. The standard InChI is InChI=1S/C12H18N2S/c1-10-3-4-11(13)9-12(10)14-5-2-7-15-8-6-14/h3-4,9H,2,5-8,13H2,1H3. The first-order valence-electron chi connectivity index (χ1n) is 5.46. The summed E-state index contributed by atoms with van der Waals surface area (Å²) >= 11 is 2.05. The first-order valence-corrected chi connectivity index (χ1v) is 6.61. The van der Waals surface area contributed by atoms with Crippen LogP contribution in [0.1, 0.15) is 12.0 Å². The molecule has 0 unspecified atom stereocenters. The van der Waals surface area contributed by atoms with Gasteiger partial charge in [-0.15, -0.1) is 0 Å². The van der Waals surface area contributed by atoms with Gasteiger partial charge in [0.05, 0.1) is 0 Å². The second kappa shape index (κ2) is 4.79. The number of hydrogen-bond donors (Lipinski definition) is 1. The molecule has 0 saturated carbocycles. The van der Waals surface area contributed by atoms with Crippen molar-refractivity contribution in [1.29, 1.82) is 0 Å². The fourth-order valence-corrected chi connectivity index (χ4v) is 2.84. The minimum absolute atomic E-state index is 0.868. The third-order valence-electron chi connectivity index (χ3n) is 2.80. The number of anilines is 2. The third-order valence-corrected chi connectivity index (χ3v) is 3.84. The maximum absolute atomic E-state index is 5.84. The lowest BCUT2D eigenvalue weighted by atomic mass is 10.1. The normalized spacial score (nSPS) is 17.5. The zero-order valence-electron chi connectivity index (χ0n) is 9.20. The van der Waals surface area contributed by atoms with E-state index < -0.39 is 0 Å². The van der Waals surface area contributed by atoms with E-state index in [1.165, 1.54) is 29.2 Å². The molecule has 1 heterocycles. The SMILES string of the molecule is Cc1ccc(N)cc1N1CCCSCC1. The maximum atomic E-state index is 5.84. The molecular weight excluding hydrogens is 204 g/mol. The molecule has 2 nitrogen and oxygen atoms in total. The Morgan fingerprint density at radius 2 is 2.13 bits per heavy atom. The lowest BCUT2D eigenvalue weighted by molar-refractivity contribution is 0.813. The van der Waals surface area contributed by atoms with E-state index in [1.54, 1.807) is 0 Å². The molecule has 15 heavy (non-hydrogen) atoms. The van der Waals surface area contributed by atoms with Crippen LogP contribution in [-0.4, -0.2) is 24.6 Å². The van der Waals surface area contributed by atoms with E-state index in [0.717, 1.165) is 18.8 Å². The zero-order chi connectivity index (χ0) is 10.7. The van der Waals surface area contributed by atoms with Crippen molar-refractivity contribution in [3.63, 3.8) is 0 Å². The van der Waals surface area contributed by atoms with Crippen molar-refractivity contribution in [2.75, 3.05) is 35.2 Å². The minimum Gasteiger partial charge on any atom is -0.399 e. The van der Waals surface area contributed by atoms with Crippen molar-refractivity contribution in [2.24, 2.45) is 0 Å². The van der Waals surface area contributed by atoms with Gasteiger partial charge in [-0.1, -0.05) is 6.07 Å². The second-order valence-corrected chi connectivity index (χ2v) is 5.22. The smallest absolute Gasteiger partial charge is 0.0416 e. The van der Waals surface area contributed by atoms with Gasteiger partial charge in [0.25, 0.3) is 0 Å². The predicted octanol–water partition coefficient (Wildman–Crippen LogP) is 2.52. The van der Waals surface area contributed by atoms with Gasteiger partial charge in [0, 0.05) is 30.2 Å². The van der Waals surface area contributed by atoms with Crippen LogP contribution < -0.4 is 10.6 Å². The van der Waals surface area contributed by atoms with Gasteiger partial charge >= 0.3 is 0 Å². The average molecular weight is 222 g/mol. The van der Waals surface area contributed by atoms with Crippen molar-refractivity contribution in [1.82, 2.24) is 0 Å². The Labute approximate surface area is 95.8 Å². The molecule has 0 bridgehead atoms. The molecule has 3 heteroatoms. The van der Waals surface area contributed by atoms with Crippen molar-refractivity contribution < 1.29 is 0 Å². The highest BCUT2D eigenvalue weighted by Crippen LogP contribution is 2.25. The lowest BCUT2D eigenvalue weighted by Gasteiger charge is -2.24. The molecule has 1 aliphatic rings. The van der Waals surface area contributed by atoms with E-state index >= 15 is 0 Å². The van der Waals surface area contributed by atoms with E-state index in [1.807, 2.05) is 6.07 Å². The number of nitrogens with two attached hydrogens (primary N) is 1. The fourth-order valence-electron chi connectivity index (χ4n) is 1.95. The topological polar surface area (TPSA) is 29.3 Å². The van der Waals surface area contributed by atoms with Crippen LogP contribution in [0, 0.1) is 6.92 Å². The molecule has 1 saturated heterocycles. The minimum atomic E-state index is 0.868. The number of hydrogen-bond acceptors (Lipinski definition) is 3. The third kappa shape index (κ3) is 2.59. The summed E-state index contributed by atoms with van der Waals surface area (Å²) < 4.78 is 0. The molecule has 82 valence electrons. The maximum Gasteiger partial charge on any atom is 0.0416 e. The van der Waals surface area contributed by atoms with Gasteiger partial charge in [0.15, 0.2) is 0 Å². The molecule has 2 rings (SSSR count). The summed E-state index contributed by atoms with van der Waals surface area (Å²) in [5.41, 5.74) is 9.36. The Bertz CT molecular complexity index is 330. The van der Waals surface area contributed by atoms with Crippen molar-refractivity contribution >= 4 is 23.1 Å². The molecule has 0 atom stereocenters. The summed E-state index contributed by atoms with van der Waals surface area (Å²) in [7, 11) is 0. The van der Waals surface area contributed by atoms with Gasteiger partial charge in [0.2, 0.25) is 0 Å². The number of benzene rings is 1. The molecule has 0 radical (unpaired) electrons. The molecule has 1 fully saturated rings. The Balaban J connectivity index is 2.22. The summed E-state index contributed by atoms with van der Waals surface area (Å²) in [5.74, 6) is 2.52. The van der Waals surface area contributed by atoms with Gasteiger partial charge in [-0.3, -0.25) is 0 Å². The lowest BCUT2D eigenvalue weighted by Crippen LogP contribution is -2.26. The van der Waals surface area contributed by atoms with E-state index in [2.05, 4.69) is 35.7 Å². The largest absolute Gasteiger partial charge is 0.399 e. The van der Waals surface area contributed by atoms with E-state index in [0.29, 0.717) is 0 Å². The quantitative estimate of drug-likeness (QED) is 0.740. The van der Waals surface area contributed by atoms with E-state index in [9.17, 15) is 0 Å². The molecule has 1 aromatic carbocycles.